The van der Waals surface area contributed by atoms with Crippen molar-refractivity contribution in [1.82, 2.24) is 14.8 Å². The second-order valence-corrected chi connectivity index (χ2v) is 6.52. The van der Waals surface area contributed by atoms with Crippen molar-refractivity contribution >= 4 is 17.7 Å². The van der Waals surface area contributed by atoms with E-state index in [0.29, 0.717) is 35.8 Å². The van der Waals surface area contributed by atoms with Gasteiger partial charge in [-0.1, -0.05) is 6.07 Å². The molecule has 0 fully saturated rings. The maximum atomic E-state index is 13.0. The van der Waals surface area contributed by atoms with Crippen LogP contribution in [0.4, 0.5) is 5.82 Å². The summed E-state index contributed by atoms with van der Waals surface area (Å²) in [6.07, 6.45) is 3.18. The van der Waals surface area contributed by atoms with E-state index in [1.54, 1.807) is 53.9 Å². The number of carbonyl (C=O) groups is 2. The number of amides is 1. The van der Waals surface area contributed by atoms with Gasteiger partial charge in [-0.3, -0.25) is 9.69 Å². The molecule has 0 aliphatic carbocycles. The van der Waals surface area contributed by atoms with E-state index in [2.05, 4.69) is 10.1 Å². The number of benzene rings is 1. The van der Waals surface area contributed by atoms with Crippen LogP contribution in [0.2, 0.25) is 0 Å². The highest BCUT2D eigenvalue weighted by Gasteiger charge is 2.20. The second-order valence-electron chi connectivity index (χ2n) is 6.52. The molecule has 0 atom stereocenters. The zero-order valence-corrected chi connectivity index (χ0v) is 17.0. The largest absolute Gasteiger partial charge is 0.462 e. The first-order valence-corrected chi connectivity index (χ1v) is 9.53. The minimum absolute atomic E-state index is 0.120. The molecule has 0 N–H and O–H groups in total. The van der Waals surface area contributed by atoms with Crippen molar-refractivity contribution < 1.29 is 14.3 Å². The molecule has 1 amide bonds. The molecule has 0 bridgehead atoms. The van der Waals surface area contributed by atoms with Crippen LogP contribution >= 0.6 is 0 Å². The molecule has 0 saturated carbocycles. The second kappa shape index (κ2) is 8.68. The number of nitrogens with zero attached hydrogens (tertiary/aromatic N) is 4. The first-order valence-electron chi connectivity index (χ1n) is 9.53. The summed E-state index contributed by atoms with van der Waals surface area (Å²) < 4.78 is 6.70. The van der Waals surface area contributed by atoms with Crippen molar-refractivity contribution in [3.63, 3.8) is 0 Å². The van der Waals surface area contributed by atoms with E-state index in [-0.39, 0.29) is 5.91 Å². The smallest absolute Gasteiger partial charge is 0.341 e. The van der Waals surface area contributed by atoms with Crippen LogP contribution in [0.3, 0.4) is 0 Å². The molecule has 7 nitrogen and oxygen atoms in total. The van der Waals surface area contributed by atoms with Gasteiger partial charge in [-0.2, -0.15) is 5.10 Å². The van der Waals surface area contributed by atoms with Gasteiger partial charge in [0.25, 0.3) is 5.91 Å². The molecule has 3 rings (SSSR count). The maximum absolute atomic E-state index is 13.0. The van der Waals surface area contributed by atoms with E-state index in [9.17, 15) is 9.59 Å². The normalized spacial score (nSPS) is 10.6. The third-order valence-corrected chi connectivity index (χ3v) is 4.66. The van der Waals surface area contributed by atoms with Crippen molar-refractivity contribution in [3.05, 3.63) is 71.2 Å². The Hall–Kier alpha value is -3.48. The molecule has 150 valence electrons. The third-order valence-electron chi connectivity index (χ3n) is 4.66. The summed E-state index contributed by atoms with van der Waals surface area (Å²) in [4.78, 5) is 31.0. The molecule has 3 aromatic rings. The van der Waals surface area contributed by atoms with Gasteiger partial charge in [0.15, 0.2) is 0 Å². The summed E-state index contributed by atoms with van der Waals surface area (Å²) in [7, 11) is 0. The van der Waals surface area contributed by atoms with Crippen LogP contribution in [0.15, 0.2) is 48.8 Å². The average molecular weight is 392 g/mol. The van der Waals surface area contributed by atoms with Crippen LogP contribution in [0.25, 0.3) is 5.69 Å². The van der Waals surface area contributed by atoms with Crippen molar-refractivity contribution in [2.24, 2.45) is 0 Å². The van der Waals surface area contributed by atoms with Gasteiger partial charge in [-0.25, -0.2) is 14.5 Å². The summed E-state index contributed by atoms with van der Waals surface area (Å²) in [5.74, 6) is 0.142. The quantitative estimate of drug-likeness (QED) is 0.598. The Morgan fingerprint density at radius 2 is 1.83 bits per heavy atom. The highest BCUT2D eigenvalue weighted by atomic mass is 16.5. The molecule has 29 heavy (non-hydrogen) atoms. The lowest BCUT2D eigenvalue weighted by atomic mass is 10.1. The van der Waals surface area contributed by atoms with E-state index in [1.807, 2.05) is 26.0 Å². The summed E-state index contributed by atoms with van der Waals surface area (Å²) in [5.41, 5.74) is 3.36. The minimum Gasteiger partial charge on any atom is -0.462 e. The van der Waals surface area contributed by atoms with Crippen LogP contribution in [0.5, 0.6) is 0 Å². The van der Waals surface area contributed by atoms with Crippen molar-refractivity contribution in [2.45, 2.75) is 27.7 Å². The summed E-state index contributed by atoms with van der Waals surface area (Å²) in [5, 5.41) is 4.28. The van der Waals surface area contributed by atoms with Crippen LogP contribution in [0, 0.1) is 13.8 Å². The number of anilines is 1. The molecular formula is C22H24N4O3. The lowest BCUT2D eigenvalue weighted by molar-refractivity contribution is 0.0525. The third kappa shape index (κ3) is 4.03. The minimum atomic E-state index is -0.396. The van der Waals surface area contributed by atoms with Crippen LogP contribution in [0.1, 0.15) is 45.8 Å². The fourth-order valence-electron chi connectivity index (χ4n) is 3.13. The molecule has 0 spiro atoms. The number of carbonyl (C=O) groups excluding carboxylic acids is 2. The van der Waals surface area contributed by atoms with Crippen molar-refractivity contribution in [1.29, 1.82) is 0 Å². The fourth-order valence-corrected chi connectivity index (χ4v) is 3.13. The number of rotatable bonds is 6. The monoisotopic (exact) mass is 392 g/mol. The van der Waals surface area contributed by atoms with Gasteiger partial charge in [0.1, 0.15) is 11.4 Å². The predicted molar refractivity (Wildman–Crippen MR) is 111 cm³/mol. The number of hydrogen-bond acceptors (Lipinski definition) is 5. The summed E-state index contributed by atoms with van der Waals surface area (Å²) in [6.45, 7) is 8.25. The molecular weight excluding hydrogens is 368 g/mol. The Bertz CT molecular complexity index is 1020. The van der Waals surface area contributed by atoms with Crippen molar-refractivity contribution in [3.8, 4) is 5.69 Å². The van der Waals surface area contributed by atoms with Gasteiger partial charge in [0.05, 0.1) is 24.2 Å². The lowest BCUT2D eigenvalue weighted by Gasteiger charge is -2.21. The molecule has 0 unspecified atom stereocenters. The van der Waals surface area contributed by atoms with Crippen molar-refractivity contribution in [2.75, 3.05) is 18.1 Å². The molecule has 2 aromatic heterocycles. The van der Waals surface area contributed by atoms with Crippen LogP contribution in [-0.4, -0.2) is 39.8 Å². The molecule has 0 radical (unpaired) electrons. The summed E-state index contributed by atoms with van der Waals surface area (Å²) in [6, 6.07) is 10.9. The first-order chi connectivity index (χ1) is 14.0. The Morgan fingerprint density at radius 1 is 1.10 bits per heavy atom. The SMILES string of the molecule is CCOC(=O)c1cnn(-c2ccc(C(=O)N(CC)c3ncccc3C)cc2)c1C. The summed E-state index contributed by atoms with van der Waals surface area (Å²) >= 11 is 0. The Morgan fingerprint density at radius 3 is 2.45 bits per heavy atom. The van der Waals surface area contributed by atoms with E-state index in [1.165, 1.54) is 6.20 Å². The lowest BCUT2D eigenvalue weighted by Crippen LogP contribution is -2.32. The Kier molecular flexibility index (Phi) is 6.07. The van der Waals surface area contributed by atoms with Crippen LogP contribution in [-0.2, 0) is 4.74 Å². The Balaban J connectivity index is 1.86. The molecule has 1 aromatic carbocycles. The molecule has 2 heterocycles. The van der Waals surface area contributed by atoms with Gasteiger partial charge in [-0.15, -0.1) is 0 Å². The zero-order valence-electron chi connectivity index (χ0n) is 17.0. The van der Waals surface area contributed by atoms with Gasteiger partial charge >= 0.3 is 5.97 Å². The molecule has 7 heteroatoms. The topological polar surface area (TPSA) is 77.3 Å². The van der Waals surface area contributed by atoms with E-state index in [4.69, 9.17) is 4.74 Å². The van der Waals surface area contributed by atoms with Gasteiger partial charge < -0.3 is 4.74 Å². The van der Waals surface area contributed by atoms with E-state index >= 15 is 0 Å². The Labute approximate surface area is 169 Å². The number of hydrogen-bond donors (Lipinski definition) is 0. The molecule has 0 aliphatic heterocycles. The van der Waals surface area contributed by atoms with Gasteiger partial charge in [0.2, 0.25) is 0 Å². The predicted octanol–water partition coefficient (Wildman–Crippen LogP) is 3.73. The highest BCUT2D eigenvalue weighted by molar-refractivity contribution is 6.06. The van der Waals surface area contributed by atoms with Gasteiger partial charge in [0, 0.05) is 18.3 Å². The standard InChI is InChI=1S/C22H24N4O3/c1-5-25(20-15(3)8-7-13-23-20)21(27)17-9-11-18(12-10-17)26-16(4)19(14-24-26)22(28)29-6-2/h7-14H,5-6H2,1-4H3. The molecule has 0 aliphatic rings. The molecule has 0 saturated heterocycles. The van der Waals surface area contributed by atoms with Gasteiger partial charge in [-0.05, 0) is 63.6 Å². The fraction of sp³-hybridized carbons (Fsp3) is 0.273. The number of esters is 1. The zero-order chi connectivity index (χ0) is 21.0. The number of aromatic nitrogens is 3. The first kappa shape index (κ1) is 20.3. The number of ether oxygens (including phenoxy) is 1. The van der Waals surface area contributed by atoms with E-state index in [0.717, 1.165) is 11.3 Å². The van der Waals surface area contributed by atoms with E-state index < -0.39 is 5.97 Å². The number of pyridine rings is 1. The highest BCUT2D eigenvalue weighted by Crippen LogP contribution is 2.20. The maximum Gasteiger partial charge on any atom is 0.341 e. The van der Waals surface area contributed by atoms with Crippen LogP contribution < -0.4 is 4.90 Å². The number of aryl methyl sites for hydroxylation is 1. The average Bonchev–Trinajstić information content (AvgIpc) is 3.11.